The molecule has 0 aliphatic rings. The van der Waals surface area contributed by atoms with Crippen LogP contribution in [0.1, 0.15) is 17.2 Å². The fraction of sp³-hybridized carbons (Fsp3) is 0.211. The Morgan fingerprint density at radius 2 is 2.04 bits per heavy atom. The molecule has 0 aliphatic carbocycles. The van der Waals surface area contributed by atoms with E-state index in [-0.39, 0.29) is 18.8 Å². The standard InChI is InChI=1S/C19H16FNO3/c1-23-19-13-16(20)7-8-18(19)24-11-3-6-17(22)15-5-2-4-14(12-15)9-10-21/h2,4-5,7-8,12-13,17,22H,9,11H2,1H3. The predicted molar refractivity (Wildman–Crippen MR) is 86.9 cm³/mol. The van der Waals surface area contributed by atoms with Crippen LogP contribution in [0.25, 0.3) is 0 Å². The average molecular weight is 325 g/mol. The van der Waals surface area contributed by atoms with Gasteiger partial charge in [0.2, 0.25) is 0 Å². The Labute approximate surface area is 140 Å². The second-order valence-electron chi connectivity index (χ2n) is 4.89. The Hall–Kier alpha value is -3.02. The van der Waals surface area contributed by atoms with E-state index in [0.717, 1.165) is 5.56 Å². The largest absolute Gasteiger partial charge is 0.493 e. The van der Waals surface area contributed by atoms with Gasteiger partial charge in [0.1, 0.15) is 18.5 Å². The zero-order valence-electron chi connectivity index (χ0n) is 13.1. The Morgan fingerprint density at radius 3 is 2.79 bits per heavy atom. The van der Waals surface area contributed by atoms with Gasteiger partial charge in [0.15, 0.2) is 11.5 Å². The number of nitriles is 1. The number of aliphatic hydroxyl groups excluding tert-OH is 1. The highest BCUT2D eigenvalue weighted by molar-refractivity contribution is 5.40. The van der Waals surface area contributed by atoms with E-state index in [2.05, 4.69) is 17.9 Å². The Morgan fingerprint density at radius 1 is 1.21 bits per heavy atom. The van der Waals surface area contributed by atoms with Crippen LogP contribution in [0.2, 0.25) is 0 Å². The minimum atomic E-state index is -0.970. The van der Waals surface area contributed by atoms with Crippen molar-refractivity contribution in [1.82, 2.24) is 0 Å². The van der Waals surface area contributed by atoms with Crippen molar-refractivity contribution in [2.75, 3.05) is 13.7 Å². The fourth-order valence-corrected chi connectivity index (χ4v) is 2.06. The number of rotatable bonds is 5. The van der Waals surface area contributed by atoms with Gasteiger partial charge in [-0.05, 0) is 23.3 Å². The first-order valence-electron chi connectivity index (χ1n) is 7.22. The van der Waals surface area contributed by atoms with E-state index < -0.39 is 11.9 Å². The highest BCUT2D eigenvalue weighted by atomic mass is 19.1. The number of nitrogens with zero attached hydrogens (tertiary/aromatic N) is 1. The van der Waals surface area contributed by atoms with Crippen LogP contribution in [0.5, 0.6) is 11.5 Å². The number of ether oxygens (including phenoxy) is 2. The molecule has 1 atom stereocenters. The van der Waals surface area contributed by atoms with Crippen LogP contribution in [0, 0.1) is 29.0 Å². The molecule has 0 fully saturated rings. The summed E-state index contributed by atoms with van der Waals surface area (Å²) in [6.07, 6.45) is -0.691. The smallest absolute Gasteiger partial charge is 0.163 e. The predicted octanol–water partition coefficient (Wildman–Crippen LogP) is 3.02. The lowest BCUT2D eigenvalue weighted by atomic mass is 10.0. The first kappa shape index (κ1) is 17.3. The molecule has 5 heteroatoms. The number of hydrogen-bond donors (Lipinski definition) is 1. The summed E-state index contributed by atoms with van der Waals surface area (Å²) in [6, 6.07) is 13.1. The summed E-state index contributed by atoms with van der Waals surface area (Å²) >= 11 is 0. The van der Waals surface area contributed by atoms with Crippen LogP contribution in [-0.2, 0) is 6.42 Å². The topological polar surface area (TPSA) is 62.5 Å². The van der Waals surface area contributed by atoms with Gasteiger partial charge < -0.3 is 14.6 Å². The number of methoxy groups -OCH3 is 1. The van der Waals surface area contributed by atoms with Crippen molar-refractivity contribution in [3.05, 3.63) is 59.4 Å². The molecule has 0 aliphatic heterocycles. The van der Waals surface area contributed by atoms with Crippen molar-refractivity contribution in [2.24, 2.45) is 0 Å². The first-order valence-corrected chi connectivity index (χ1v) is 7.22. The number of halogens is 1. The van der Waals surface area contributed by atoms with Crippen molar-refractivity contribution < 1.29 is 19.0 Å². The normalized spacial score (nSPS) is 10.9. The highest BCUT2D eigenvalue weighted by Crippen LogP contribution is 2.27. The quantitative estimate of drug-likeness (QED) is 0.859. The molecule has 2 aromatic carbocycles. The molecule has 24 heavy (non-hydrogen) atoms. The summed E-state index contributed by atoms with van der Waals surface area (Å²) in [5, 5.41) is 18.8. The van der Waals surface area contributed by atoms with Crippen molar-refractivity contribution in [3.8, 4) is 29.4 Å². The van der Waals surface area contributed by atoms with E-state index in [4.69, 9.17) is 14.7 Å². The van der Waals surface area contributed by atoms with E-state index in [1.54, 1.807) is 18.2 Å². The van der Waals surface area contributed by atoms with Crippen LogP contribution in [0.3, 0.4) is 0 Å². The van der Waals surface area contributed by atoms with E-state index in [9.17, 15) is 9.50 Å². The van der Waals surface area contributed by atoms with Gasteiger partial charge in [-0.1, -0.05) is 36.1 Å². The molecule has 0 amide bonds. The summed E-state index contributed by atoms with van der Waals surface area (Å²) in [5.41, 5.74) is 1.44. The average Bonchev–Trinajstić information content (AvgIpc) is 2.60. The van der Waals surface area contributed by atoms with Gasteiger partial charge in [-0.25, -0.2) is 4.39 Å². The van der Waals surface area contributed by atoms with Crippen LogP contribution in [0.4, 0.5) is 4.39 Å². The molecule has 1 N–H and O–H groups in total. The van der Waals surface area contributed by atoms with Crippen molar-refractivity contribution >= 4 is 0 Å². The molecule has 2 rings (SSSR count). The van der Waals surface area contributed by atoms with Gasteiger partial charge in [0, 0.05) is 6.07 Å². The number of benzene rings is 2. The van der Waals surface area contributed by atoms with E-state index in [0.29, 0.717) is 11.3 Å². The minimum absolute atomic E-state index is 0.0247. The van der Waals surface area contributed by atoms with E-state index in [1.165, 1.54) is 25.3 Å². The maximum Gasteiger partial charge on any atom is 0.163 e. The van der Waals surface area contributed by atoms with Crippen LogP contribution < -0.4 is 9.47 Å². The summed E-state index contributed by atoms with van der Waals surface area (Å²) in [4.78, 5) is 0. The highest BCUT2D eigenvalue weighted by Gasteiger charge is 2.06. The third kappa shape index (κ3) is 4.74. The maximum atomic E-state index is 13.1. The van der Waals surface area contributed by atoms with Crippen LogP contribution in [0.15, 0.2) is 42.5 Å². The van der Waals surface area contributed by atoms with E-state index in [1.807, 2.05) is 6.07 Å². The van der Waals surface area contributed by atoms with Gasteiger partial charge in [0.25, 0.3) is 0 Å². The molecule has 122 valence electrons. The second kappa shape index (κ2) is 8.57. The van der Waals surface area contributed by atoms with Gasteiger partial charge in [0.05, 0.1) is 19.6 Å². The molecule has 0 spiro atoms. The fourth-order valence-electron chi connectivity index (χ4n) is 2.06. The third-order valence-electron chi connectivity index (χ3n) is 3.21. The molecule has 0 radical (unpaired) electrons. The molecule has 0 bridgehead atoms. The third-order valence-corrected chi connectivity index (χ3v) is 3.21. The number of aliphatic hydroxyl groups is 1. The zero-order chi connectivity index (χ0) is 17.4. The lowest BCUT2D eigenvalue weighted by Crippen LogP contribution is -1.99. The molecule has 4 nitrogen and oxygen atoms in total. The molecular weight excluding hydrogens is 309 g/mol. The summed E-state index contributed by atoms with van der Waals surface area (Å²) in [6.45, 7) is 0.0247. The Kier molecular flexibility index (Phi) is 6.19. The van der Waals surface area contributed by atoms with Gasteiger partial charge in [-0.15, -0.1) is 0 Å². The maximum absolute atomic E-state index is 13.1. The molecule has 0 saturated heterocycles. The lowest BCUT2D eigenvalue weighted by molar-refractivity contribution is 0.237. The lowest BCUT2D eigenvalue weighted by Gasteiger charge is -2.08. The molecule has 0 saturated carbocycles. The van der Waals surface area contributed by atoms with Crippen LogP contribution in [-0.4, -0.2) is 18.8 Å². The number of hydrogen-bond acceptors (Lipinski definition) is 4. The second-order valence-corrected chi connectivity index (χ2v) is 4.89. The Balaban J connectivity index is 1.98. The van der Waals surface area contributed by atoms with Crippen LogP contribution >= 0.6 is 0 Å². The van der Waals surface area contributed by atoms with Crippen molar-refractivity contribution in [3.63, 3.8) is 0 Å². The van der Waals surface area contributed by atoms with E-state index >= 15 is 0 Å². The molecule has 2 aromatic rings. The monoisotopic (exact) mass is 325 g/mol. The summed E-state index contributed by atoms with van der Waals surface area (Å²) in [7, 11) is 1.42. The summed E-state index contributed by atoms with van der Waals surface area (Å²) < 4.78 is 23.5. The van der Waals surface area contributed by atoms with Crippen molar-refractivity contribution in [1.29, 1.82) is 5.26 Å². The molecule has 0 heterocycles. The van der Waals surface area contributed by atoms with Gasteiger partial charge >= 0.3 is 0 Å². The molecule has 0 aromatic heterocycles. The molecular formula is C19H16FNO3. The molecule has 1 unspecified atom stereocenters. The Bertz CT molecular complexity index is 802. The SMILES string of the molecule is COc1cc(F)ccc1OCC#CC(O)c1cccc(CC#N)c1. The zero-order valence-corrected chi connectivity index (χ0v) is 13.1. The van der Waals surface area contributed by atoms with Crippen molar-refractivity contribution in [2.45, 2.75) is 12.5 Å². The first-order chi connectivity index (χ1) is 11.6. The van der Waals surface area contributed by atoms with Gasteiger partial charge in [-0.3, -0.25) is 0 Å². The minimum Gasteiger partial charge on any atom is -0.493 e. The van der Waals surface area contributed by atoms with Gasteiger partial charge in [-0.2, -0.15) is 5.26 Å². The summed E-state index contributed by atoms with van der Waals surface area (Å²) in [5.74, 6) is 5.62.